The smallest absolute Gasteiger partial charge is 0.163 e. The fourth-order valence-corrected chi connectivity index (χ4v) is 2.13. The molecule has 1 atom stereocenters. The van der Waals surface area contributed by atoms with Gasteiger partial charge in [0.1, 0.15) is 11.6 Å². The van der Waals surface area contributed by atoms with Crippen LogP contribution in [0.2, 0.25) is 0 Å². The lowest BCUT2D eigenvalue weighted by atomic mass is 10.1. The molecule has 0 amide bonds. The van der Waals surface area contributed by atoms with Gasteiger partial charge in [0.15, 0.2) is 5.65 Å². The Morgan fingerprint density at radius 2 is 2.16 bits per heavy atom. The first kappa shape index (κ1) is 13.7. The van der Waals surface area contributed by atoms with Crippen LogP contribution in [0.5, 0.6) is 0 Å². The molecule has 1 unspecified atom stereocenters. The van der Waals surface area contributed by atoms with Gasteiger partial charge in [-0.3, -0.25) is 9.58 Å². The Kier molecular flexibility index (Phi) is 3.99. The third kappa shape index (κ3) is 3.01. The molecule has 104 valence electrons. The maximum atomic E-state index is 5.95. The zero-order valence-electron chi connectivity index (χ0n) is 12.1. The van der Waals surface area contributed by atoms with Crippen molar-refractivity contribution >= 4 is 16.9 Å². The number of nitrogen functional groups attached to an aromatic ring is 1. The molecule has 2 rings (SSSR count). The lowest BCUT2D eigenvalue weighted by Crippen LogP contribution is -2.25. The molecule has 2 N–H and O–H groups in total. The summed E-state index contributed by atoms with van der Waals surface area (Å²) in [6.45, 7) is 6.18. The van der Waals surface area contributed by atoms with E-state index in [0.29, 0.717) is 18.3 Å². The van der Waals surface area contributed by atoms with Crippen LogP contribution in [0.4, 0.5) is 5.82 Å². The number of fused-ring (bicyclic) bond motifs is 1. The second kappa shape index (κ2) is 5.52. The van der Waals surface area contributed by atoms with E-state index < -0.39 is 0 Å². The summed E-state index contributed by atoms with van der Waals surface area (Å²) in [5.74, 6) is 1.92. The summed E-state index contributed by atoms with van der Waals surface area (Å²) < 4.78 is 1.73. The van der Waals surface area contributed by atoms with Crippen molar-refractivity contribution in [1.82, 2.24) is 24.6 Å². The van der Waals surface area contributed by atoms with E-state index in [1.807, 2.05) is 7.05 Å². The molecule has 2 aromatic rings. The summed E-state index contributed by atoms with van der Waals surface area (Å²) in [5, 5.41) is 4.97. The van der Waals surface area contributed by atoms with Gasteiger partial charge in [-0.1, -0.05) is 20.3 Å². The van der Waals surface area contributed by atoms with Gasteiger partial charge in [-0.05, 0) is 13.0 Å². The monoisotopic (exact) mass is 262 g/mol. The number of rotatable bonds is 5. The molecule has 0 aliphatic heterocycles. The van der Waals surface area contributed by atoms with Crippen LogP contribution in [0.15, 0.2) is 6.20 Å². The van der Waals surface area contributed by atoms with Crippen LogP contribution >= 0.6 is 0 Å². The van der Waals surface area contributed by atoms with E-state index in [1.54, 1.807) is 10.9 Å². The lowest BCUT2D eigenvalue weighted by molar-refractivity contribution is 0.269. The number of hydrogen-bond acceptors (Lipinski definition) is 5. The van der Waals surface area contributed by atoms with E-state index in [0.717, 1.165) is 23.4 Å². The Balaban J connectivity index is 2.19. The zero-order valence-corrected chi connectivity index (χ0v) is 12.1. The molecule has 19 heavy (non-hydrogen) atoms. The molecule has 0 saturated carbocycles. The molecule has 6 nitrogen and oxygen atoms in total. The summed E-state index contributed by atoms with van der Waals surface area (Å²) in [6.07, 6.45) is 2.88. The van der Waals surface area contributed by atoms with E-state index in [1.165, 1.54) is 6.42 Å². The van der Waals surface area contributed by atoms with Crippen molar-refractivity contribution in [3.8, 4) is 0 Å². The topological polar surface area (TPSA) is 72.9 Å². The van der Waals surface area contributed by atoms with Crippen LogP contribution in [0, 0.1) is 5.92 Å². The molecule has 0 aromatic carbocycles. The van der Waals surface area contributed by atoms with Crippen molar-refractivity contribution in [3.05, 3.63) is 12.0 Å². The van der Waals surface area contributed by atoms with Crippen molar-refractivity contribution in [2.75, 3.05) is 19.3 Å². The number of aryl methyl sites for hydroxylation is 1. The summed E-state index contributed by atoms with van der Waals surface area (Å²) in [4.78, 5) is 11.1. The van der Waals surface area contributed by atoms with Crippen molar-refractivity contribution < 1.29 is 0 Å². The number of nitrogens with zero attached hydrogens (tertiary/aromatic N) is 5. The van der Waals surface area contributed by atoms with Crippen molar-refractivity contribution in [2.24, 2.45) is 13.0 Å². The molecule has 6 heteroatoms. The molecule has 0 bridgehead atoms. The van der Waals surface area contributed by atoms with Crippen molar-refractivity contribution in [1.29, 1.82) is 0 Å². The van der Waals surface area contributed by atoms with Crippen LogP contribution in [-0.4, -0.2) is 38.2 Å². The maximum Gasteiger partial charge on any atom is 0.163 e. The first-order valence-corrected chi connectivity index (χ1v) is 6.63. The third-order valence-electron chi connectivity index (χ3n) is 3.40. The molecular weight excluding hydrogens is 240 g/mol. The number of anilines is 1. The van der Waals surface area contributed by atoms with Gasteiger partial charge < -0.3 is 5.73 Å². The van der Waals surface area contributed by atoms with Gasteiger partial charge in [0, 0.05) is 13.6 Å². The normalized spacial score (nSPS) is 13.3. The third-order valence-corrected chi connectivity index (χ3v) is 3.40. The molecule has 0 spiro atoms. The number of hydrogen-bond donors (Lipinski definition) is 1. The maximum absolute atomic E-state index is 5.95. The van der Waals surface area contributed by atoms with Gasteiger partial charge in [0.05, 0.1) is 18.1 Å². The van der Waals surface area contributed by atoms with Crippen LogP contribution in [0.1, 0.15) is 26.1 Å². The molecule has 2 aromatic heterocycles. The van der Waals surface area contributed by atoms with Gasteiger partial charge in [-0.25, -0.2) is 9.97 Å². The van der Waals surface area contributed by atoms with Gasteiger partial charge in [0.25, 0.3) is 0 Å². The highest BCUT2D eigenvalue weighted by Crippen LogP contribution is 2.17. The molecule has 0 radical (unpaired) electrons. The van der Waals surface area contributed by atoms with E-state index in [-0.39, 0.29) is 0 Å². The number of nitrogens with two attached hydrogens (primary N) is 1. The summed E-state index contributed by atoms with van der Waals surface area (Å²) in [7, 11) is 3.95. The van der Waals surface area contributed by atoms with E-state index >= 15 is 0 Å². The Labute approximate surface area is 113 Å². The Morgan fingerprint density at radius 1 is 1.42 bits per heavy atom. The van der Waals surface area contributed by atoms with Gasteiger partial charge in [0.2, 0.25) is 0 Å². The largest absolute Gasteiger partial charge is 0.383 e. The van der Waals surface area contributed by atoms with Crippen LogP contribution in [0.25, 0.3) is 11.0 Å². The predicted molar refractivity (Wildman–Crippen MR) is 76.5 cm³/mol. The highest BCUT2D eigenvalue weighted by atomic mass is 15.3. The summed E-state index contributed by atoms with van der Waals surface area (Å²) >= 11 is 0. The fraction of sp³-hybridized carbons (Fsp3) is 0.615. The zero-order chi connectivity index (χ0) is 14.0. The van der Waals surface area contributed by atoms with E-state index in [9.17, 15) is 0 Å². The van der Waals surface area contributed by atoms with Crippen LogP contribution in [0.3, 0.4) is 0 Å². The molecule has 0 aliphatic carbocycles. The lowest BCUT2D eigenvalue weighted by Gasteiger charge is -2.19. The SMILES string of the molecule is CCC(C)CN(C)Cc1nc(N)c2cnn(C)c2n1. The van der Waals surface area contributed by atoms with Gasteiger partial charge in [-0.15, -0.1) is 0 Å². The molecule has 0 aliphatic rings. The second-order valence-corrected chi connectivity index (χ2v) is 5.24. The summed E-state index contributed by atoms with van der Waals surface area (Å²) in [6, 6.07) is 0. The van der Waals surface area contributed by atoms with E-state index in [2.05, 4.69) is 40.9 Å². The minimum absolute atomic E-state index is 0.505. The molecule has 2 heterocycles. The van der Waals surface area contributed by atoms with E-state index in [4.69, 9.17) is 5.73 Å². The average molecular weight is 262 g/mol. The van der Waals surface area contributed by atoms with Gasteiger partial charge in [-0.2, -0.15) is 5.10 Å². The summed E-state index contributed by atoms with van der Waals surface area (Å²) in [5.41, 5.74) is 6.74. The highest BCUT2D eigenvalue weighted by Gasteiger charge is 2.11. The average Bonchev–Trinajstić information content (AvgIpc) is 2.71. The standard InChI is InChI=1S/C13H22N6/c1-5-9(2)7-18(3)8-11-16-12(14)10-6-15-19(4)13(10)17-11/h6,9H,5,7-8H2,1-4H3,(H2,14,16,17). The fourth-order valence-electron chi connectivity index (χ4n) is 2.13. The predicted octanol–water partition coefficient (Wildman–Crippen LogP) is 1.42. The van der Waals surface area contributed by atoms with Crippen LogP contribution in [-0.2, 0) is 13.6 Å². The molecular formula is C13H22N6. The van der Waals surface area contributed by atoms with Crippen molar-refractivity contribution in [3.63, 3.8) is 0 Å². The second-order valence-electron chi connectivity index (χ2n) is 5.24. The first-order chi connectivity index (χ1) is 9.01. The Hall–Kier alpha value is -1.69. The minimum Gasteiger partial charge on any atom is -0.383 e. The Bertz CT molecular complexity index is 562. The number of aromatic nitrogens is 4. The molecule has 0 saturated heterocycles. The highest BCUT2D eigenvalue weighted by molar-refractivity contribution is 5.84. The van der Waals surface area contributed by atoms with Crippen LogP contribution < -0.4 is 5.73 Å². The Morgan fingerprint density at radius 3 is 2.84 bits per heavy atom. The van der Waals surface area contributed by atoms with Crippen molar-refractivity contribution in [2.45, 2.75) is 26.8 Å². The van der Waals surface area contributed by atoms with Gasteiger partial charge >= 0.3 is 0 Å². The minimum atomic E-state index is 0.505. The molecule has 0 fully saturated rings. The first-order valence-electron chi connectivity index (χ1n) is 6.63. The quantitative estimate of drug-likeness (QED) is 0.882.